The fraction of sp³-hybridized carbons (Fsp3) is 0.909. The van der Waals surface area contributed by atoms with Gasteiger partial charge in [-0.15, -0.1) is 0 Å². The molecule has 0 spiro atoms. The Kier molecular flexibility index (Phi) is 6.99. The summed E-state index contributed by atoms with van der Waals surface area (Å²) in [7, 11) is 0. The van der Waals surface area contributed by atoms with E-state index in [0.717, 1.165) is 38.5 Å². The molecule has 2 amide bonds. The first-order valence-corrected chi connectivity index (χ1v) is 11.2. The lowest BCUT2D eigenvalue weighted by atomic mass is 9.79. The molecule has 6 unspecified atom stereocenters. The van der Waals surface area contributed by atoms with E-state index in [1.54, 1.807) is 0 Å². The van der Waals surface area contributed by atoms with Crippen molar-refractivity contribution in [3.8, 4) is 0 Å². The average molecular weight is 363 g/mol. The Morgan fingerprint density at radius 2 is 0.923 bits per heavy atom. The van der Waals surface area contributed by atoms with E-state index in [2.05, 4.69) is 24.5 Å². The van der Waals surface area contributed by atoms with Crippen molar-refractivity contribution < 1.29 is 9.59 Å². The third-order valence-corrected chi connectivity index (χ3v) is 7.32. The van der Waals surface area contributed by atoms with Gasteiger partial charge in [0.25, 0.3) is 0 Å². The molecule has 2 N–H and O–H groups in total. The Morgan fingerprint density at radius 3 is 1.31 bits per heavy atom. The molecule has 0 aliphatic heterocycles. The summed E-state index contributed by atoms with van der Waals surface area (Å²) >= 11 is 0. The van der Waals surface area contributed by atoms with E-state index >= 15 is 0 Å². The van der Waals surface area contributed by atoms with Gasteiger partial charge in [-0.3, -0.25) is 9.59 Å². The second-order valence-electron chi connectivity index (χ2n) is 9.25. The first-order valence-electron chi connectivity index (χ1n) is 11.2. The number of amides is 2. The Morgan fingerprint density at radius 1 is 0.577 bits per heavy atom. The number of carbonyl (C=O) groups excluding carboxylic acids is 2. The lowest BCUT2D eigenvalue weighted by molar-refractivity contribution is -0.131. The van der Waals surface area contributed by atoms with Crippen LogP contribution in [0.3, 0.4) is 0 Å². The monoisotopic (exact) mass is 362 g/mol. The Balaban J connectivity index is 1.57. The maximum Gasteiger partial charge on any atom is 0.223 e. The molecule has 0 aromatic heterocycles. The van der Waals surface area contributed by atoms with Crippen molar-refractivity contribution in [2.75, 3.05) is 0 Å². The van der Waals surface area contributed by atoms with Gasteiger partial charge in [-0.2, -0.15) is 0 Å². The van der Waals surface area contributed by atoms with Crippen LogP contribution in [0, 0.1) is 23.7 Å². The molecule has 0 heterocycles. The number of hydrogen-bond donors (Lipinski definition) is 2. The van der Waals surface area contributed by atoms with Crippen molar-refractivity contribution in [2.24, 2.45) is 23.7 Å². The Hall–Kier alpha value is -1.06. The Labute approximate surface area is 159 Å². The van der Waals surface area contributed by atoms with Crippen LogP contribution < -0.4 is 10.6 Å². The summed E-state index contributed by atoms with van der Waals surface area (Å²) in [6, 6.07) is 0.237. The standard InChI is InChI=1S/C22H38N2O2/c1-15-9-3-5-11-17(15)21(25)23-19-13-7-8-14-20(19)24-22(26)18-12-6-4-10-16(18)2/h15-20H,3-14H2,1-2H3,(H,23,25)(H,24,26). The highest BCUT2D eigenvalue weighted by molar-refractivity contribution is 5.81. The summed E-state index contributed by atoms with van der Waals surface area (Å²) in [6.07, 6.45) is 13.5. The van der Waals surface area contributed by atoms with Crippen LogP contribution >= 0.6 is 0 Å². The summed E-state index contributed by atoms with van der Waals surface area (Å²) in [6.45, 7) is 4.43. The van der Waals surface area contributed by atoms with Gasteiger partial charge in [0.05, 0.1) is 0 Å². The molecule has 3 aliphatic rings. The van der Waals surface area contributed by atoms with Gasteiger partial charge < -0.3 is 10.6 Å². The molecule has 6 atom stereocenters. The zero-order chi connectivity index (χ0) is 18.5. The van der Waals surface area contributed by atoms with Crippen LogP contribution in [0.2, 0.25) is 0 Å². The van der Waals surface area contributed by atoms with Crippen LogP contribution in [0.25, 0.3) is 0 Å². The number of hydrogen-bond acceptors (Lipinski definition) is 2. The molecule has 0 radical (unpaired) electrons. The smallest absolute Gasteiger partial charge is 0.223 e. The number of rotatable bonds is 4. The van der Waals surface area contributed by atoms with Crippen LogP contribution in [-0.2, 0) is 9.59 Å². The van der Waals surface area contributed by atoms with Crippen molar-refractivity contribution in [1.82, 2.24) is 10.6 Å². The molecule has 3 rings (SSSR count). The maximum absolute atomic E-state index is 12.8. The summed E-state index contributed by atoms with van der Waals surface area (Å²) < 4.78 is 0. The van der Waals surface area contributed by atoms with Crippen molar-refractivity contribution in [1.29, 1.82) is 0 Å². The second kappa shape index (κ2) is 9.23. The minimum atomic E-state index is 0.119. The zero-order valence-corrected chi connectivity index (χ0v) is 16.8. The zero-order valence-electron chi connectivity index (χ0n) is 16.8. The molecule has 0 aromatic rings. The van der Waals surface area contributed by atoms with Gasteiger partial charge in [-0.25, -0.2) is 0 Å². The van der Waals surface area contributed by atoms with Gasteiger partial charge in [-0.05, 0) is 50.4 Å². The van der Waals surface area contributed by atoms with Crippen molar-refractivity contribution in [2.45, 2.75) is 103 Å². The average Bonchev–Trinajstić information content (AvgIpc) is 2.64. The van der Waals surface area contributed by atoms with Gasteiger partial charge >= 0.3 is 0 Å². The third kappa shape index (κ3) is 4.80. The van der Waals surface area contributed by atoms with Gasteiger partial charge in [0.1, 0.15) is 0 Å². The third-order valence-electron chi connectivity index (χ3n) is 7.32. The molecule has 26 heavy (non-hydrogen) atoms. The minimum Gasteiger partial charge on any atom is -0.351 e. The summed E-state index contributed by atoms with van der Waals surface area (Å²) in [5.41, 5.74) is 0. The largest absolute Gasteiger partial charge is 0.351 e. The molecule has 3 saturated carbocycles. The highest BCUT2D eigenvalue weighted by Crippen LogP contribution is 2.32. The number of carbonyl (C=O) groups is 2. The first-order chi connectivity index (χ1) is 12.6. The van der Waals surface area contributed by atoms with Gasteiger partial charge in [0, 0.05) is 23.9 Å². The van der Waals surface area contributed by atoms with E-state index in [4.69, 9.17) is 0 Å². The van der Waals surface area contributed by atoms with E-state index in [1.165, 1.54) is 38.5 Å². The molecule has 0 aromatic carbocycles. The quantitative estimate of drug-likeness (QED) is 0.788. The minimum absolute atomic E-state index is 0.119. The lowest BCUT2D eigenvalue weighted by Gasteiger charge is -2.37. The van der Waals surface area contributed by atoms with Gasteiger partial charge in [0.15, 0.2) is 0 Å². The first kappa shape index (κ1) is 19.7. The fourth-order valence-electron chi connectivity index (χ4n) is 5.47. The van der Waals surface area contributed by atoms with E-state index in [9.17, 15) is 9.59 Å². The highest BCUT2D eigenvalue weighted by atomic mass is 16.2. The van der Waals surface area contributed by atoms with Crippen LogP contribution in [0.15, 0.2) is 0 Å². The van der Waals surface area contributed by atoms with E-state index < -0.39 is 0 Å². The maximum atomic E-state index is 12.8. The van der Waals surface area contributed by atoms with Crippen LogP contribution in [0.5, 0.6) is 0 Å². The topological polar surface area (TPSA) is 58.2 Å². The molecule has 0 saturated heterocycles. The second-order valence-corrected chi connectivity index (χ2v) is 9.25. The summed E-state index contributed by atoms with van der Waals surface area (Å²) in [5.74, 6) is 1.77. The summed E-state index contributed by atoms with van der Waals surface area (Å²) in [4.78, 5) is 25.7. The normalized spacial score (nSPS) is 38.4. The SMILES string of the molecule is CC1CCCCC1C(=O)NC1CCCCC1NC(=O)C1CCCCC1C. The highest BCUT2D eigenvalue weighted by Gasteiger charge is 2.35. The van der Waals surface area contributed by atoms with E-state index in [-0.39, 0.29) is 35.7 Å². The lowest BCUT2D eigenvalue weighted by Crippen LogP contribution is -2.56. The molecular weight excluding hydrogens is 324 g/mol. The molecule has 0 bridgehead atoms. The van der Waals surface area contributed by atoms with Gasteiger partial charge in [-0.1, -0.05) is 52.4 Å². The van der Waals surface area contributed by atoms with Crippen LogP contribution in [0.1, 0.15) is 90.9 Å². The molecular formula is C22H38N2O2. The predicted molar refractivity (Wildman–Crippen MR) is 105 cm³/mol. The fourth-order valence-corrected chi connectivity index (χ4v) is 5.47. The predicted octanol–water partition coefficient (Wildman–Crippen LogP) is 4.18. The molecule has 3 fully saturated rings. The Bertz CT molecular complexity index is 449. The van der Waals surface area contributed by atoms with Gasteiger partial charge in [0.2, 0.25) is 11.8 Å². The van der Waals surface area contributed by atoms with E-state index in [0.29, 0.717) is 11.8 Å². The molecule has 4 nitrogen and oxygen atoms in total. The van der Waals surface area contributed by atoms with Crippen LogP contribution in [0.4, 0.5) is 0 Å². The summed E-state index contributed by atoms with van der Waals surface area (Å²) in [5, 5.41) is 6.67. The van der Waals surface area contributed by atoms with Crippen molar-refractivity contribution in [3.05, 3.63) is 0 Å². The molecule has 4 heteroatoms. The molecule has 148 valence electrons. The number of nitrogens with one attached hydrogen (secondary N) is 2. The van der Waals surface area contributed by atoms with Crippen molar-refractivity contribution in [3.63, 3.8) is 0 Å². The van der Waals surface area contributed by atoms with E-state index in [1.807, 2.05) is 0 Å². The van der Waals surface area contributed by atoms with Crippen LogP contribution in [-0.4, -0.2) is 23.9 Å². The molecule has 3 aliphatic carbocycles. The van der Waals surface area contributed by atoms with Crippen molar-refractivity contribution >= 4 is 11.8 Å².